The number of primary amides is 1. The standard InChI is InChI=1S/C11H25N3O/c1-8(11(2,3)4)14(5)7-6-9(12)10(13)15/h8-9H,6-7,12H2,1-5H3,(H2,13,15). The molecule has 0 aromatic carbocycles. The van der Waals surface area contributed by atoms with E-state index in [9.17, 15) is 4.79 Å². The van der Waals surface area contributed by atoms with Crippen molar-refractivity contribution in [2.75, 3.05) is 13.6 Å². The highest BCUT2D eigenvalue weighted by Crippen LogP contribution is 2.22. The van der Waals surface area contributed by atoms with Gasteiger partial charge in [0.15, 0.2) is 0 Å². The molecular weight excluding hydrogens is 190 g/mol. The molecule has 0 spiro atoms. The molecule has 0 saturated carbocycles. The van der Waals surface area contributed by atoms with Crippen LogP contribution in [0.3, 0.4) is 0 Å². The van der Waals surface area contributed by atoms with Gasteiger partial charge >= 0.3 is 0 Å². The zero-order chi connectivity index (χ0) is 12.2. The fourth-order valence-corrected chi connectivity index (χ4v) is 1.34. The maximum absolute atomic E-state index is 10.8. The molecule has 2 unspecified atom stereocenters. The van der Waals surface area contributed by atoms with E-state index < -0.39 is 11.9 Å². The summed E-state index contributed by atoms with van der Waals surface area (Å²) < 4.78 is 0. The number of carbonyl (C=O) groups is 1. The van der Waals surface area contributed by atoms with E-state index in [0.29, 0.717) is 12.5 Å². The first kappa shape index (κ1) is 14.4. The van der Waals surface area contributed by atoms with Gasteiger partial charge < -0.3 is 16.4 Å². The Kier molecular flexibility index (Phi) is 5.24. The lowest BCUT2D eigenvalue weighted by molar-refractivity contribution is -0.119. The van der Waals surface area contributed by atoms with E-state index >= 15 is 0 Å². The second-order valence-electron chi connectivity index (χ2n) is 5.32. The van der Waals surface area contributed by atoms with Crippen molar-refractivity contribution >= 4 is 5.91 Å². The summed E-state index contributed by atoms with van der Waals surface area (Å²) in [6, 6.07) is -0.0859. The van der Waals surface area contributed by atoms with Crippen molar-refractivity contribution in [3.05, 3.63) is 0 Å². The van der Waals surface area contributed by atoms with Crippen LogP contribution in [0.25, 0.3) is 0 Å². The molecule has 0 aliphatic carbocycles. The van der Waals surface area contributed by atoms with Crippen molar-refractivity contribution in [2.24, 2.45) is 16.9 Å². The third-order valence-electron chi connectivity index (χ3n) is 3.07. The van der Waals surface area contributed by atoms with Gasteiger partial charge in [-0.15, -0.1) is 0 Å². The van der Waals surface area contributed by atoms with Crippen molar-refractivity contribution in [1.82, 2.24) is 4.90 Å². The lowest BCUT2D eigenvalue weighted by Crippen LogP contribution is -2.43. The molecule has 90 valence electrons. The maximum atomic E-state index is 10.8. The number of hydrogen-bond donors (Lipinski definition) is 2. The molecule has 15 heavy (non-hydrogen) atoms. The Morgan fingerprint density at radius 2 is 1.87 bits per heavy atom. The van der Waals surface area contributed by atoms with Crippen molar-refractivity contribution in [3.8, 4) is 0 Å². The summed E-state index contributed by atoms with van der Waals surface area (Å²) in [6.07, 6.45) is 0.617. The molecule has 4 heteroatoms. The van der Waals surface area contributed by atoms with Gasteiger partial charge in [-0.3, -0.25) is 4.79 Å². The third-order valence-corrected chi connectivity index (χ3v) is 3.07. The smallest absolute Gasteiger partial charge is 0.234 e. The predicted octanol–water partition coefficient (Wildman–Crippen LogP) is 0.556. The van der Waals surface area contributed by atoms with Gasteiger partial charge in [0.05, 0.1) is 6.04 Å². The summed E-state index contributed by atoms with van der Waals surface area (Å²) in [5, 5.41) is 0. The van der Waals surface area contributed by atoms with Crippen LogP contribution >= 0.6 is 0 Å². The van der Waals surface area contributed by atoms with Crippen LogP contribution in [0.1, 0.15) is 34.1 Å². The van der Waals surface area contributed by atoms with Gasteiger partial charge in [-0.1, -0.05) is 20.8 Å². The zero-order valence-electron chi connectivity index (χ0n) is 10.6. The molecule has 4 nitrogen and oxygen atoms in total. The Morgan fingerprint density at radius 1 is 1.40 bits per heavy atom. The van der Waals surface area contributed by atoms with Crippen LogP contribution in [0, 0.1) is 5.41 Å². The Balaban J connectivity index is 4.04. The SMILES string of the molecule is CC(N(C)CCC(N)C(N)=O)C(C)(C)C. The maximum Gasteiger partial charge on any atom is 0.234 e. The normalized spacial score (nSPS) is 16.5. The second-order valence-corrected chi connectivity index (χ2v) is 5.32. The van der Waals surface area contributed by atoms with Crippen molar-refractivity contribution < 1.29 is 4.79 Å². The van der Waals surface area contributed by atoms with E-state index in [-0.39, 0.29) is 5.41 Å². The largest absolute Gasteiger partial charge is 0.368 e. The van der Waals surface area contributed by atoms with Gasteiger partial charge in [-0.2, -0.15) is 0 Å². The molecule has 0 fully saturated rings. The van der Waals surface area contributed by atoms with Crippen molar-refractivity contribution in [1.29, 1.82) is 0 Å². The van der Waals surface area contributed by atoms with Crippen LogP contribution in [-0.4, -0.2) is 36.5 Å². The first-order valence-electron chi connectivity index (χ1n) is 5.41. The molecule has 0 radical (unpaired) electrons. The highest BCUT2D eigenvalue weighted by molar-refractivity contribution is 5.79. The lowest BCUT2D eigenvalue weighted by Gasteiger charge is -2.35. The van der Waals surface area contributed by atoms with E-state index in [2.05, 4.69) is 32.6 Å². The number of carbonyl (C=O) groups excluding carboxylic acids is 1. The molecule has 0 bridgehead atoms. The van der Waals surface area contributed by atoms with Gasteiger partial charge in [-0.05, 0) is 25.8 Å². The van der Waals surface area contributed by atoms with Crippen molar-refractivity contribution in [3.63, 3.8) is 0 Å². The molecule has 0 rings (SSSR count). The molecule has 0 aliphatic rings. The Bertz CT molecular complexity index is 210. The molecule has 0 heterocycles. The number of amides is 1. The van der Waals surface area contributed by atoms with Crippen molar-refractivity contribution in [2.45, 2.75) is 46.2 Å². The molecule has 4 N–H and O–H groups in total. The molecular formula is C11H25N3O. The van der Waals surface area contributed by atoms with E-state index in [1.165, 1.54) is 0 Å². The van der Waals surface area contributed by atoms with Gasteiger partial charge in [0, 0.05) is 12.6 Å². The minimum Gasteiger partial charge on any atom is -0.368 e. The molecule has 2 atom stereocenters. The number of hydrogen-bond acceptors (Lipinski definition) is 3. The Labute approximate surface area is 93.0 Å². The van der Waals surface area contributed by atoms with Gasteiger partial charge in [0.1, 0.15) is 0 Å². The third kappa shape index (κ3) is 5.14. The highest BCUT2D eigenvalue weighted by Gasteiger charge is 2.24. The van der Waals surface area contributed by atoms with E-state index in [1.807, 2.05) is 7.05 Å². The Hall–Kier alpha value is -0.610. The number of nitrogens with two attached hydrogens (primary N) is 2. The average Bonchev–Trinajstić information content (AvgIpc) is 2.10. The van der Waals surface area contributed by atoms with Crippen LogP contribution in [-0.2, 0) is 4.79 Å². The van der Waals surface area contributed by atoms with Crippen LogP contribution < -0.4 is 11.5 Å². The Morgan fingerprint density at radius 3 is 2.20 bits per heavy atom. The first-order chi connectivity index (χ1) is 6.66. The van der Waals surface area contributed by atoms with Crippen LogP contribution in [0.15, 0.2) is 0 Å². The topological polar surface area (TPSA) is 72.3 Å². The quantitative estimate of drug-likeness (QED) is 0.703. The fourth-order valence-electron chi connectivity index (χ4n) is 1.34. The molecule has 0 aromatic rings. The van der Waals surface area contributed by atoms with E-state index in [0.717, 1.165) is 6.54 Å². The highest BCUT2D eigenvalue weighted by atomic mass is 16.1. The van der Waals surface area contributed by atoms with Gasteiger partial charge in [-0.25, -0.2) is 0 Å². The van der Waals surface area contributed by atoms with Gasteiger partial charge in [0.2, 0.25) is 5.91 Å². The van der Waals surface area contributed by atoms with E-state index in [4.69, 9.17) is 11.5 Å². The van der Waals surface area contributed by atoms with E-state index in [1.54, 1.807) is 0 Å². The summed E-state index contributed by atoms with van der Waals surface area (Å²) in [5.74, 6) is -0.424. The molecule has 0 aromatic heterocycles. The minimum atomic E-state index is -0.528. The van der Waals surface area contributed by atoms with Crippen LogP contribution in [0.4, 0.5) is 0 Å². The summed E-state index contributed by atoms with van der Waals surface area (Å²) >= 11 is 0. The average molecular weight is 215 g/mol. The predicted molar refractivity (Wildman–Crippen MR) is 63.3 cm³/mol. The molecule has 1 amide bonds. The summed E-state index contributed by atoms with van der Waals surface area (Å²) in [7, 11) is 2.05. The number of nitrogens with zero attached hydrogens (tertiary/aromatic N) is 1. The fraction of sp³-hybridized carbons (Fsp3) is 0.909. The van der Waals surface area contributed by atoms with Gasteiger partial charge in [0.25, 0.3) is 0 Å². The lowest BCUT2D eigenvalue weighted by atomic mass is 9.87. The summed E-state index contributed by atoms with van der Waals surface area (Å²) in [5.41, 5.74) is 10.9. The van der Waals surface area contributed by atoms with Crippen LogP contribution in [0.5, 0.6) is 0 Å². The summed E-state index contributed by atoms with van der Waals surface area (Å²) in [6.45, 7) is 9.56. The molecule has 0 saturated heterocycles. The van der Waals surface area contributed by atoms with Crippen LogP contribution in [0.2, 0.25) is 0 Å². The summed E-state index contributed by atoms with van der Waals surface area (Å²) in [4.78, 5) is 13.0. The molecule has 0 aliphatic heterocycles. The monoisotopic (exact) mass is 215 g/mol. The number of rotatable bonds is 5. The zero-order valence-corrected chi connectivity index (χ0v) is 10.6. The second kappa shape index (κ2) is 5.47. The minimum absolute atomic E-state index is 0.228. The first-order valence-corrected chi connectivity index (χ1v) is 5.41.